The van der Waals surface area contributed by atoms with Gasteiger partial charge < -0.3 is 9.47 Å². The Balaban J connectivity index is 2.21. The zero-order valence-electron chi connectivity index (χ0n) is 16.1. The third-order valence-electron chi connectivity index (χ3n) is 4.54. The summed E-state index contributed by atoms with van der Waals surface area (Å²) in [5.74, 6) is 1.46. The van der Waals surface area contributed by atoms with Gasteiger partial charge in [-0.15, -0.1) is 0 Å². The highest BCUT2D eigenvalue weighted by Crippen LogP contribution is 2.38. The number of fused-ring (bicyclic) bond motifs is 1. The van der Waals surface area contributed by atoms with E-state index in [9.17, 15) is 4.79 Å². The maximum atomic E-state index is 13.1. The number of hydrogen-bond acceptors (Lipinski definition) is 3. The molecule has 0 saturated carbocycles. The van der Waals surface area contributed by atoms with Crippen molar-refractivity contribution in [1.29, 1.82) is 0 Å². The van der Waals surface area contributed by atoms with Gasteiger partial charge in [0, 0.05) is 28.3 Å². The molecule has 0 aliphatic heterocycles. The van der Waals surface area contributed by atoms with Crippen molar-refractivity contribution in [2.24, 2.45) is 0 Å². The van der Waals surface area contributed by atoms with Crippen molar-refractivity contribution < 1.29 is 14.3 Å². The van der Waals surface area contributed by atoms with Crippen LogP contribution < -0.4 is 9.47 Å². The van der Waals surface area contributed by atoms with Gasteiger partial charge in [0.05, 0.1) is 19.7 Å². The van der Waals surface area contributed by atoms with Gasteiger partial charge in [0.15, 0.2) is 0 Å². The SMILES string of the molecule is COc1ccc(C(=O)n2c(C)[c]c3c(C(C)(C)C)c(OC)ccc32)cc1. The molecule has 3 rings (SSSR count). The van der Waals surface area contributed by atoms with Crippen molar-refractivity contribution in [1.82, 2.24) is 4.57 Å². The molecule has 0 fully saturated rings. The highest BCUT2D eigenvalue weighted by atomic mass is 16.5. The van der Waals surface area contributed by atoms with Gasteiger partial charge in [-0.25, -0.2) is 0 Å². The maximum Gasteiger partial charge on any atom is 0.262 e. The Labute approximate surface area is 154 Å². The third-order valence-corrected chi connectivity index (χ3v) is 4.54. The van der Waals surface area contributed by atoms with Crippen molar-refractivity contribution in [3.8, 4) is 11.5 Å². The molecule has 1 aromatic heterocycles. The molecular weight excluding hydrogens is 326 g/mol. The molecule has 4 nitrogen and oxygen atoms in total. The normalized spacial score (nSPS) is 11.6. The van der Waals surface area contributed by atoms with Gasteiger partial charge in [-0.3, -0.25) is 9.36 Å². The number of ether oxygens (including phenoxy) is 2. The molecule has 0 amide bonds. The number of hydrogen-bond donors (Lipinski definition) is 0. The molecule has 0 N–H and O–H groups in total. The molecule has 4 heteroatoms. The Hall–Kier alpha value is -2.75. The molecule has 0 saturated heterocycles. The van der Waals surface area contributed by atoms with Gasteiger partial charge in [-0.05, 0) is 48.7 Å². The van der Waals surface area contributed by atoms with Crippen LogP contribution >= 0.6 is 0 Å². The summed E-state index contributed by atoms with van der Waals surface area (Å²) in [5, 5.41) is 0.927. The van der Waals surface area contributed by atoms with Crippen LogP contribution in [0.4, 0.5) is 0 Å². The molecule has 1 radical (unpaired) electrons. The van der Waals surface area contributed by atoms with Gasteiger partial charge in [0.25, 0.3) is 5.91 Å². The molecule has 0 aliphatic rings. The van der Waals surface area contributed by atoms with Gasteiger partial charge >= 0.3 is 0 Å². The number of aryl methyl sites for hydroxylation is 1. The average molecular weight is 350 g/mol. The van der Waals surface area contributed by atoms with E-state index >= 15 is 0 Å². The van der Waals surface area contributed by atoms with E-state index in [2.05, 4.69) is 26.8 Å². The second-order valence-corrected chi connectivity index (χ2v) is 7.37. The number of nitrogens with zero attached hydrogens (tertiary/aromatic N) is 1. The van der Waals surface area contributed by atoms with Crippen LogP contribution in [0, 0.1) is 13.0 Å². The molecule has 0 aliphatic carbocycles. The molecule has 2 aromatic carbocycles. The predicted molar refractivity (Wildman–Crippen MR) is 103 cm³/mol. The fraction of sp³-hybridized carbons (Fsp3) is 0.318. The third kappa shape index (κ3) is 2.96. The largest absolute Gasteiger partial charge is 0.497 e. The standard InChI is InChI=1S/C22H24NO3/c1-14-13-17-18(11-12-19(26-6)20(17)22(2,3)4)23(14)21(24)15-7-9-16(25-5)10-8-15/h7-12H,1-6H3. The van der Waals surface area contributed by atoms with Crippen LogP contribution in [0.1, 0.15) is 42.4 Å². The number of carbonyl (C=O) groups is 1. The Morgan fingerprint density at radius 3 is 2.19 bits per heavy atom. The van der Waals surface area contributed by atoms with E-state index in [1.807, 2.05) is 19.1 Å². The zero-order chi connectivity index (χ0) is 19.1. The van der Waals surface area contributed by atoms with E-state index < -0.39 is 0 Å². The summed E-state index contributed by atoms with van der Waals surface area (Å²) in [4.78, 5) is 13.1. The van der Waals surface area contributed by atoms with E-state index in [1.54, 1.807) is 43.1 Å². The summed E-state index contributed by atoms with van der Waals surface area (Å²) in [7, 11) is 3.28. The zero-order valence-corrected chi connectivity index (χ0v) is 16.1. The number of methoxy groups -OCH3 is 2. The smallest absolute Gasteiger partial charge is 0.262 e. The van der Waals surface area contributed by atoms with Crippen molar-refractivity contribution in [3.63, 3.8) is 0 Å². The molecule has 135 valence electrons. The van der Waals surface area contributed by atoms with E-state index in [1.165, 1.54) is 0 Å². The van der Waals surface area contributed by atoms with Crippen LogP contribution in [-0.2, 0) is 5.41 Å². The number of aromatic nitrogens is 1. The van der Waals surface area contributed by atoms with E-state index in [4.69, 9.17) is 9.47 Å². The first-order valence-corrected chi connectivity index (χ1v) is 8.58. The topological polar surface area (TPSA) is 40.5 Å². The van der Waals surface area contributed by atoms with Gasteiger partial charge in [-0.1, -0.05) is 20.8 Å². The van der Waals surface area contributed by atoms with Crippen molar-refractivity contribution in [3.05, 3.63) is 59.3 Å². The number of benzene rings is 2. The first-order chi connectivity index (χ1) is 12.3. The molecular formula is C22H24NO3. The Kier molecular flexibility index (Phi) is 4.53. The lowest BCUT2D eigenvalue weighted by Gasteiger charge is -2.23. The second-order valence-electron chi connectivity index (χ2n) is 7.37. The molecule has 0 spiro atoms. The van der Waals surface area contributed by atoms with E-state index in [0.717, 1.165) is 33.7 Å². The fourth-order valence-electron chi connectivity index (χ4n) is 3.34. The Morgan fingerprint density at radius 1 is 1.00 bits per heavy atom. The highest BCUT2D eigenvalue weighted by molar-refractivity contribution is 6.04. The van der Waals surface area contributed by atoms with E-state index in [-0.39, 0.29) is 11.3 Å². The molecule has 0 unspecified atom stereocenters. The summed E-state index contributed by atoms with van der Waals surface area (Å²) in [6, 6.07) is 14.4. The van der Waals surface area contributed by atoms with E-state index in [0.29, 0.717) is 5.56 Å². The summed E-state index contributed by atoms with van der Waals surface area (Å²) in [6.45, 7) is 8.31. The second kappa shape index (κ2) is 6.52. The minimum absolute atomic E-state index is 0.0820. The first kappa shape index (κ1) is 18.1. The van der Waals surface area contributed by atoms with Gasteiger partial charge in [0.2, 0.25) is 0 Å². The quantitative estimate of drug-likeness (QED) is 0.684. The lowest BCUT2D eigenvalue weighted by molar-refractivity contribution is 0.0963. The maximum absolute atomic E-state index is 13.1. The Morgan fingerprint density at radius 2 is 1.65 bits per heavy atom. The summed E-state index contributed by atoms with van der Waals surface area (Å²) < 4.78 is 12.5. The lowest BCUT2D eigenvalue weighted by atomic mass is 9.84. The number of rotatable bonds is 3. The molecule has 26 heavy (non-hydrogen) atoms. The highest BCUT2D eigenvalue weighted by Gasteiger charge is 2.25. The van der Waals surface area contributed by atoms with Gasteiger partial charge in [0.1, 0.15) is 11.5 Å². The van der Waals surface area contributed by atoms with Crippen LogP contribution in [0.15, 0.2) is 36.4 Å². The molecule has 1 heterocycles. The van der Waals surface area contributed by atoms with Crippen LogP contribution in [0.3, 0.4) is 0 Å². The predicted octanol–water partition coefficient (Wildman–Crippen LogP) is 4.75. The minimum Gasteiger partial charge on any atom is -0.497 e. The molecule has 0 atom stereocenters. The summed E-state index contributed by atoms with van der Waals surface area (Å²) in [5.41, 5.74) is 3.15. The monoisotopic (exact) mass is 350 g/mol. The molecule has 0 bridgehead atoms. The average Bonchev–Trinajstić information content (AvgIpc) is 2.94. The lowest BCUT2D eigenvalue weighted by Crippen LogP contribution is -2.15. The summed E-state index contributed by atoms with van der Waals surface area (Å²) in [6.07, 6.45) is 0. The summed E-state index contributed by atoms with van der Waals surface area (Å²) >= 11 is 0. The fourth-order valence-corrected chi connectivity index (χ4v) is 3.34. The van der Waals surface area contributed by atoms with Crippen molar-refractivity contribution in [2.45, 2.75) is 33.1 Å². The van der Waals surface area contributed by atoms with Crippen LogP contribution in [0.25, 0.3) is 10.9 Å². The van der Waals surface area contributed by atoms with Crippen molar-refractivity contribution >= 4 is 16.8 Å². The molecule has 3 aromatic rings. The van der Waals surface area contributed by atoms with Crippen LogP contribution in [0.5, 0.6) is 11.5 Å². The number of carbonyl (C=O) groups excluding carboxylic acids is 1. The van der Waals surface area contributed by atoms with Crippen LogP contribution in [-0.4, -0.2) is 24.7 Å². The Bertz CT molecular complexity index is 960. The van der Waals surface area contributed by atoms with Crippen molar-refractivity contribution in [2.75, 3.05) is 14.2 Å². The van der Waals surface area contributed by atoms with Crippen LogP contribution in [0.2, 0.25) is 0 Å². The van der Waals surface area contributed by atoms with Gasteiger partial charge in [-0.2, -0.15) is 0 Å². The minimum atomic E-state index is -0.136. The first-order valence-electron chi connectivity index (χ1n) is 8.58.